The summed E-state index contributed by atoms with van der Waals surface area (Å²) >= 11 is 0. The number of fused-ring (bicyclic) bond motifs is 1. The number of aromatic nitrogens is 1. The third-order valence-corrected chi connectivity index (χ3v) is 3.10. The molecule has 0 saturated heterocycles. The van der Waals surface area contributed by atoms with Crippen LogP contribution in [-0.4, -0.2) is 28.0 Å². The van der Waals surface area contributed by atoms with E-state index in [0.29, 0.717) is 0 Å². The Morgan fingerprint density at radius 1 is 1.42 bits per heavy atom. The largest absolute Gasteiger partial charge is 0.480 e. The molecular weight excluding hydrogens is 244 g/mol. The van der Waals surface area contributed by atoms with Gasteiger partial charge in [-0.1, -0.05) is 12.1 Å². The maximum absolute atomic E-state index is 11.2. The van der Waals surface area contributed by atoms with Gasteiger partial charge in [0, 0.05) is 30.4 Å². The highest BCUT2D eigenvalue weighted by Crippen LogP contribution is 2.23. The molecule has 5 nitrogen and oxygen atoms in total. The van der Waals surface area contributed by atoms with E-state index in [0.717, 1.165) is 22.0 Å². The summed E-state index contributed by atoms with van der Waals surface area (Å²) < 4.78 is 0. The van der Waals surface area contributed by atoms with Crippen LogP contribution in [0.5, 0.6) is 0 Å². The minimum Gasteiger partial charge on any atom is -0.480 e. The van der Waals surface area contributed by atoms with Crippen molar-refractivity contribution < 1.29 is 14.7 Å². The molecule has 2 aromatic rings. The van der Waals surface area contributed by atoms with Crippen molar-refractivity contribution in [3.05, 3.63) is 35.5 Å². The number of aromatic amines is 1. The number of hydrogen-bond donors (Lipinski definition) is 3. The third-order valence-electron chi connectivity index (χ3n) is 3.10. The Morgan fingerprint density at radius 3 is 2.79 bits per heavy atom. The molecule has 1 unspecified atom stereocenters. The first-order chi connectivity index (χ1) is 8.99. The number of amides is 1. The van der Waals surface area contributed by atoms with Crippen LogP contribution in [0.25, 0.3) is 10.9 Å². The van der Waals surface area contributed by atoms with Gasteiger partial charge < -0.3 is 15.4 Å². The van der Waals surface area contributed by atoms with Crippen molar-refractivity contribution in [3.63, 3.8) is 0 Å². The van der Waals surface area contributed by atoms with Crippen LogP contribution in [0, 0.1) is 6.92 Å². The summed E-state index contributed by atoms with van der Waals surface area (Å²) in [5.41, 5.74) is 2.96. The average molecular weight is 260 g/mol. The molecule has 0 bridgehead atoms. The summed E-state index contributed by atoms with van der Waals surface area (Å²) in [5, 5.41) is 12.6. The molecule has 3 N–H and O–H groups in total. The van der Waals surface area contributed by atoms with Crippen LogP contribution in [0.4, 0.5) is 0 Å². The highest BCUT2D eigenvalue weighted by molar-refractivity contribution is 5.88. The molecule has 1 atom stereocenters. The second-order valence-electron chi connectivity index (χ2n) is 4.61. The fourth-order valence-corrected chi connectivity index (χ4v) is 2.28. The Hall–Kier alpha value is -2.30. The molecule has 5 heteroatoms. The molecule has 2 rings (SSSR count). The van der Waals surface area contributed by atoms with Gasteiger partial charge in [-0.3, -0.25) is 4.79 Å². The number of hydrogen-bond acceptors (Lipinski definition) is 2. The Labute approximate surface area is 110 Å². The van der Waals surface area contributed by atoms with E-state index in [1.54, 1.807) is 6.20 Å². The van der Waals surface area contributed by atoms with Gasteiger partial charge in [-0.15, -0.1) is 0 Å². The van der Waals surface area contributed by atoms with E-state index in [1.807, 2.05) is 25.1 Å². The number of carboxylic acids is 1. The molecule has 0 aliphatic carbocycles. The van der Waals surface area contributed by atoms with Gasteiger partial charge >= 0.3 is 5.97 Å². The second kappa shape index (κ2) is 5.14. The second-order valence-corrected chi connectivity index (χ2v) is 4.61. The lowest BCUT2D eigenvalue weighted by molar-refractivity contribution is -0.141. The fourth-order valence-electron chi connectivity index (χ4n) is 2.28. The minimum atomic E-state index is -1.03. The Kier molecular flexibility index (Phi) is 3.55. The van der Waals surface area contributed by atoms with E-state index in [-0.39, 0.29) is 12.3 Å². The number of benzene rings is 1. The normalized spacial score (nSPS) is 12.3. The number of carbonyl (C=O) groups is 2. The van der Waals surface area contributed by atoms with Gasteiger partial charge in [0.2, 0.25) is 5.91 Å². The van der Waals surface area contributed by atoms with E-state index in [9.17, 15) is 9.59 Å². The van der Waals surface area contributed by atoms with Gasteiger partial charge in [-0.05, 0) is 24.1 Å². The summed E-state index contributed by atoms with van der Waals surface area (Å²) in [7, 11) is 0. The molecule has 0 fully saturated rings. The van der Waals surface area contributed by atoms with E-state index in [1.165, 1.54) is 6.92 Å². The van der Waals surface area contributed by atoms with Crippen molar-refractivity contribution in [2.75, 3.05) is 0 Å². The number of aliphatic carboxylic acids is 1. The predicted molar refractivity (Wildman–Crippen MR) is 72.0 cm³/mol. The van der Waals surface area contributed by atoms with Crippen molar-refractivity contribution in [1.29, 1.82) is 0 Å². The van der Waals surface area contributed by atoms with Gasteiger partial charge in [0.05, 0.1) is 0 Å². The van der Waals surface area contributed by atoms with Crippen LogP contribution >= 0.6 is 0 Å². The van der Waals surface area contributed by atoms with Crippen LogP contribution in [0.3, 0.4) is 0 Å². The topological polar surface area (TPSA) is 82.2 Å². The first-order valence-electron chi connectivity index (χ1n) is 6.04. The quantitative estimate of drug-likeness (QED) is 0.781. The molecule has 0 saturated carbocycles. The van der Waals surface area contributed by atoms with Crippen molar-refractivity contribution >= 4 is 22.8 Å². The molecule has 0 aliphatic heterocycles. The zero-order valence-electron chi connectivity index (χ0n) is 10.9. The monoisotopic (exact) mass is 260 g/mol. The van der Waals surface area contributed by atoms with E-state index < -0.39 is 12.0 Å². The zero-order valence-corrected chi connectivity index (χ0v) is 10.9. The summed E-state index contributed by atoms with van der Waals surface area (Å²) in [6.07, 6.45) is 2.06. The predicted octanol–water partition coefficient (Wildman–Crippen LogP) is 1.61. The lowest BCUT2D eigenvalue weighted by atomic mass is 10.0. The Balaban J connectivity index is 2.34. The summed E-state index contributed by atoms with van der Waals surface area (Å²) in [4.78, 5) is 25.3. The van der Waals surface area contributed by atoms with Crippen molar-refractivity contribution in [1.82, 2.24) is 10.3 Å². The summed E-state index contributed by atoms with van der Waals surface area (Å²) in [6.45, 7) is 3.30. The smallest absolute Gasteiger partial charge is 0.326 e. The van der Waals surface area contributed by atoms with Crippen molar-refractivity contribution in [3.8, 4) is 0 Å². The SMILES string of the molecule is CC(=O)NC(Cc1c[nH]c2cccc(C)c12)C(=O)O. The van der Waals surface area contributed by atoms with Crippen LogP contribution in [-0.2, 0) is 16.0 Å². The molecular formula is C14H16N2O3. The number of nitrogens with one attached hydrogen (secondary N) is 2. The summed E-state index contributed by atoms with van der Waals surface area (Å²) in [6, 6.07) is 4.96. The standard InChI is InChI=1S/C14H16N2O3/c1-8-4-3-5-11-13(8)10(7-15-11)6-12(14(18)19)16-9(2)17/h3-5,7,12,15H,6H2,1-2H3,(H,16,17)(H,18,19). The third kappa shape index (κ3) is 2.76. The molecule has 1 aromatic carbocycles. The molecule has 19 heavy (non-hydrogen) atoms. The Bertz CT molecular complexity index is 631. The maximum atomic E-state index is 11.2. The Morgan fingerprint density at radius 2 is 2.16 bits per heavy atom. The van der Waals surface area contributed by atoms with Crippen LogP contribution in [0.2, 0.25) is 0 Å². The summed E-state index contributed by atoms with van der Waals surface area (Å²) in [5.74, 6) is -1.37. The van der Waals surface area contributed by atoms with Gasteiger partial charge in [-0.2, -0.15) is 0 Å². The first-order valence-corrected chi connectivity index (χ1v) is 6.04. The van der Waals surface area contributed by atoms with Crippen LogP contribution < -0.4 is 5.32 Å². The van der Waals surface area contributed by atoms with E-state index >= 15 is 0 Å². The van der Waals surface area contributed by atoms with Crippen LogP contribution in [0.1, 0.15) is 18.1 Å². The van der Waals surface area contributed by atoms with Crippen molar-refractivity contribution in [2.45, 2.75) is 26.3 Å². The molecule has 1 heterocycles. The molecule has 1 amide bonds. The molecule has 100 valence electrons. The highest BCUT2D eigenvalue weighted by atomic mass is 16.4. The van der Waals surface area contributed by atoms with Gasteiger partial charge in [-0.25, -0.2) is 4.79 Å². The van der Waals surface area contributed by atoms with E-state index in [4.69, 9.17) is 5.11 Å². The van der Waals surface area contributed by atoms with Gasteiger partial charge in [0.15, 0.2) is 0 Å². The molecule has 0 aliphatic rings. The van der Waals surface area contributed by atoms with Gasteiger partial charge in [0.1, 0.15) is 6.04 Å². The highest BCUT2D eigenvalue weighted by Gasteiger charge is 2.20. The lowest BCUT2D eigenvalue weighted by Crippen LogP contribution is -2.41. The number of carboxylic acid groups (broad SMARTS) is 1. The molecule has 0 radical (unpaired) electrons. The zero-order chi connectivity index (χ0) is 14.0. The number of H-pyrrole nitrogens is 1. The lowest BCUT2D eigenvalue weighted by Gasteiger charge is -2.13. The first kappa shape index (κ1) is 13.1. The molecule has 1 aromatic heterocycles. The van der Waals surface area contributed by atoms with Gasteiger partial charge in [0.25, 0.3) is 0 Å². The van der Waals surface area contributed by atoms with Crippen molar-refractivity contribution in [2.24, 2.45) is 0 Å². The minimum absolute atomic E-state index is 0.264. The fraction of sp³-hybridized carbons (Fsp3) is 0.286. The number of aryl methyl sites for hydroxylation is 1. The molecule has 0 spiro atoms. The average Bonchev–Trinajstić information content (AvgIpc) is 2.72. The van der Waals surface area contributed by atoms with E-state index in [2.05, 4.69) is 10.3 Å². The number of carbonyl (C=O) groups excluding carboxylic acids is 1. The number of rotatable bonds is 4. The maximum Gasteiger partial charge on any atom is 0.326 e. The van der Waals surface area contributed by atoms with Crippen LogP contribution in [0.15, 0.2) is 24.4 Å².